The number of nitrogens with one attached hydrogen (secondary N) is 2. The number of rotatable bonds is 7. The van der Waals surface area contributed by atoms with E-state index in [-0.39, 0.29) is 5.41 Å². The molecule has 2 aromatic heterocycles. The van der Waals surface area contributed by atoms with Crippen LogP contribution < -0.4 is 15.5 Å². The molecule has 2 aliphatic rings. The summed E-state index contributed by atoms with van der Waals surface area (Å²) in [7, 11) is 0. The van der Waals surface area contributed by atoms with Crippen LogP contribution in [0.4, 0.5) is 11.8 Å². The second-order valence-electron chi connectivity index (χ2n) is 9.14. The van der Waals surface area contributed by atoms with E-state index in [0.717, 1.165) is 43.3 Å². The van der Waals surface area contributed by atoms with E-state index in [1.165, 1.54) is 36.6 Å². The largest absolute Gasteiger partial charge is 0.378 e. The second kappa shape index (κ2) is 11.9. The average molecular weight is 522 g/mol. The number of hydrogen-bond acceptors (Lipinski definition) is 8. The van der Waals surface area contributed by atoms with Gasteiger partial charge in [-0.15, -0.1) is 0 Å². The Labute approximate surface area is 221 Å². The predicted molar refractivity (Wildman–Crippen MR) is 147 cm³/mol. The zero-order valence-corrected chi connectivity index (χ0v) is 21.9. The fraction of sp³-hybridized carbons (Fsp3) is 0.423. The molecule has 0 unspecified atom stereocenters. The van der Waals surface area contributed by atoms with Gasteiger partial charge in [-0.1, -0.05) is 49.6 Å². The van der Waals surface area contributed by atoms with E-state index in [1.807, 2.05) is 6.07 Å². The molecule has 0 bridgehead atoms. The zero-order chi connectivity index (χ0) is 24.6. The lowest BCUT2D eigenvalue weighted by Gasteiger charge is -2.38. The number of hydrogen-bond donors (Lipinski definition) is 2. The minimum absolute atomic E-state index is 0.0907. The SMILES string of the molecule is S=C(NCC1(c2ccccc2)CCCCC1)Nc1nc(Sc2ncccn2)cc(N2CCOCC2)n1. The van der Waals surface area contributed by atoms with Crippen LogP contribution in [-0.2, 0) is 10.2 Å². The number of aromatic nitrogens is 4. The topological polar surface area (TPSA) is 88.1 Å². The minimum Gasteiger partial charge on any atom is -0.378 e. The summed E-state index contributed by atoms with van der Waals surface area (Å²) >= 11 is 7.11. The molecule has 2 fully saturated rings. The minimum atomic E-state index is 0.0907. The first-order valence-corrected chi connectivity index (χ1v) is 13.7. The van der Waals surface area contributed by atoms with Crippen LogP contribution in [0, 0.1) is 0 Å². The van der Waals surface area contributed by atoms with E-state index in [0.29, 0.717) is 29.4 Å². The maximum absolute atomic E-state index is 5.71. The Morgan fingerprint density at radius 2 is 1.75 bits per heavy atom. The van der Waals surface area contributed by atoms with E-state index >= 15 is 0 Å². The van der Waals surface area contributed by atoms with Crippen LogP contribution in [0.1, 0.15) is 37.7 Å². The molecule has 2 N–H and O–H groups in total. The van der Waals surface area contributed by atoms with Crippen LogP contribution in [0.15, 0.2) is 65.0 Å². The number of anilines is 2. The van der Waals surface area contributed by atoms with Crippen LogP contribution in [-0.4, -0.2) is 57.9 Å². The monoisotopic (exact) mass is 521 g/mol. The van der Waals surface area contributed by atoms with E-state index in [9.17, 15) is 0 Å². The summed E-state index contributed by atoms with van der Waals surface area (Å²) in [5, 5.41) is 8.65. The van der Waals surface area contributed by atoms with Crippen LogP contribution in [0.2, 0.25) is 0 Å². The number of morpholine rings is 1. The van der Waals surface area contributed by atoms with Gasteiger partial charge in [0.2, 0.25) is 5.95 Å². The van der Waals surface area contributed by atoms with E-state index in [2.05, 4.69) is 55.8 Å². The third kappa shape index (κ3) is 6.29. The molecule has 0 amide bonds. The van der Waals surface area contributed by atoms with Crippen LogP contribution >= 0.6 is 24.0 Å². The van der Waals surface area contributed by atoms with Gasteiger partial charge in [0.05, 0.1) is 13.2 Å². The van der Waals surface area contributed by atoms with Crippen molar-refractivity contribution in [2.75, 3.05) is 43.1 Å². The molecular weight excluding hydrogens is 490 g/mol. The molecule has 3 aromatic rings. The molecule has 0 radical (unpaired) electrons. The van der Waals surface area contributed by atoms with E-state index < -0.39 is 0 Å². The highest BCUT2D eigenvalue weighted by Gasteiger charge is 2.33. The van der Waals surface area contributed by atoms with Crippen molar-refractivity contribution in [3.63, 3.8) is 0 Å². The van der Waals surface area contributed by atoms with Gasteiger partial charge in [0, 0.05) is 43.5 Å². The first kappa shape index (κ1) is 24.9. The standard InChI is InChI=1S/C26H31N7OS2/c35-24(29-19-26(10-5-2-6-11-26)20-8-3-1-4-9-20)32-23-30-21(33-14-16-34-17-15-33)18-22(31-23)36-25-27-12-7-13-28-25/h1,3-4,7-9,12-13,18H,2,5-6,10-11,14-17,19H2,(H2,29,30,31,32,35). The Kier molecular flexibility index (Phi) is 8.25. The molecule has 1 aromatic carbocycles. The molecule has 10 heteroatoms. The highest BCUT2D eigenvalue weighted by atomic mass is 32.2. The molecule has 0 atom stereocenters. The highest BCUT2D eigenvalue weighted by molar-refractivity contribution is 7.99. The molecule has 0 spiro atoms. The lowest BCUT2D eigenvalue weighted by molar-refractivity contribution is 0.122. The summed E-state index contributed by atoms with van der Waals surface area (Å²) in [6.07, 6.45) is 9.55. The van der Waals surface area contributed by atoms with Crippen molar-refractivity contribution in [1.82, 2.24) is 25.3 Å². The van der Waals surface area contributed by atoms with Crippen molar-refractivity contribution in [2.45, 2.75) is 47.7 Å². The van der Waals surface area contributed by atoms with Gasteiger partial charge in [-0.3, -0.25) is 0 Å². The maximum atomic E-state index is 5.71. The Morgan fingerprint density at radius 3 is 2.50 bits per heavy atom. The van der Waals surface area contributed by atoms with Gasteiger partial charge in [0.15, 0.2) is 10.3 Å². The van der Waals surface area contributed by atoms with Crippen LogP contribution in [0.25, 0.3) is 0 Å². The quantitative estimate of drug-likeness (QED) is 0.264. The predicted octanol–water partition coefficient (Wildman–Crippen LogP) is 4.44. The van der Waals surface area contributed by atoms with Crippen LogP contribution in [0.5, 0.6) is 0 Å². The van der Waals surface area contributed by atoms with Crippen molar-refractivity contribution in [2.24, 2.45) is 0 Å². The van der Waals surface area contributed by atoms with E-state index in [1.54, 1.807) is 18.5 Å². The van der Waals surface area contributed by atoms with Gasteiger partial charge in [0.25, 0.3) is 0 Å². The molecule has 1 saturated heterocycles. The molecule has 36 heavy (non-hydrogen) atoms. The summed E-state index contributed by atoms with van der Waals surface area (Å²) in [6.45, 7) is 3.71. The zero-order valence-electron chi connectivity index (χ0n) is 20.2. The van der Waals surface area contributed by atoms with Gasteiger partial charge in [-0.25, -0.2) is 15.0 Å². The van der Waals surface area contributed by atoms with Gasteiger partial charge >= 0.3 is 0 Å². The Morgan fingerprint density at radius 1 is 1.00 bits per heavy atom. The number of thiocarbonyl (C=S) groups is 1. The second-order valence-corrected chi connectivity index (χ2v) is 10.5. The van der Waals surface area contributed by atoms with E-state index in [4.69, 9.17) is 26.9 Å². The summed E-state index contributed by atoms with van der Waals surface area (Å²) in [6, 6.07) is 14.6. The fourth-order valence-electron chi connectivity index (χ4n) is 4.89. The van der Waals surface area contributed by atoms with Gasteiger partial charge in [0.1, 0.15) is 10.8 Å². The van der Waals surface area contributed by atoms with Crippen molar-refractivity contribution in [3.05, 3.63) is 60.4 Å². The number of benzene rings is 1. The van der Waals surface area contributed by atoms with Crippen molar-refractivity contribution >= 4 is 40.9 Å². The van der Waals surface area contributed by atoms with Crippen molar-refractivity contribution in [3.8, 4) is 0 Å². The molecule has 3 heterocycles. The Hall–Kier alpha value is -2.82. The van der Waals surface area contributed by atoms with Crippen LogP contribution in [0.3, 0.4) is 0 Å². The number of nitrogens with zero attached hydrogens (tertiary/aromatic N) is 5. The Balaban J connectivity index is 1.32. The summed E-state index contributed by atoms with van der Waals surface area (Å²) in [4.78, 5) is 20.3. The molecule has 8 nitrogen and oxygen atoms in total. The summed E-state index contributed by atoms with van der Waals surface area (Å²) in [5.74, 6) is 1.30. The maximum Gasteiger partial charge on any atom is 0.232 e. The normalized spacial score (nSPS) is 17.4. The van der Waals surface area contributed by atoms with Crippen molar-refractivity contribution < 1.29 is 4.74 Å². The molecule has 188 valence electrons. The summed E-state index contributed by atoms with van der Waals surface area (Å²) < 4.78 is 5.52. The summed E-state index contributed by atoms with van der Waals surface area (Å²) in [5.41, 5.74) is 1.47. The highest BCUT2D eigenvalue weighted by Crippen LogP contribution is 2.39. The third-order valence-electron chi connectivity index (χ3n) is 6.77. The molecule has 1 aliphatic heterocycles. The molecule has 5 rings (SSSR count). The van der Waals surface area contributed by atoms with Gasteiger partial charge < -0.3 is 20.3 Å². The lowest BCUT2D eigenvalue weighted by Crippen LogP contribution is -2.43. The third-order valence-corrected chi connectivity index (χ3v) is 7.83. The van der Waals surface area contributed by atoms with Crippen molar-refractivity contribution in [1.29, 1.82) is 0 Å². The smallest absolute Gasteiger partial charge is 0.232 e. The first-order valence-electron chi connectivity index (χ1n) is 12.5. The number of ether oxygens (including phenoxy) is 1. The fourth-order valence-corrected chi connectivity index (χ4v) is 5.76. The first-order chi connectivity index (χ1) is 17.7. The molecule has 1 saturated carbocycles. The average Bonchev–Trinajstić information content (AvgIpc) is 2.94. The molecule has 1 aliphatic carbocycles. The molecular formula is C26H31N7OS2. The van der Waals surface area contributed by atoms with Gasteiger partial charge in [-0.2, -0.15) is 4.98 Å². The Bertz CT molecular complexity index is 1140. The lowest BCUT2D eigenvalue weighted by atomic mass is 9.69. The van der Waals surface area contributed by atoms with Gasteiger partial charge in [-0.05, 0) is 48.5 Å².